The largest absolute Gasteiger partial charge is 0.465 e. The van der Waals surface area contributed by atoms with Gasteiger partial charge in [-0.2, -0.15) is 13.2 Å². The first-order valence-corrected chi connectivity index (χ1v) is 12.4. The molecule has 1 aliphatic rings. The number of alkyl halides is 3. The van der Waals surface area contributed by atoms with Gasteiger partial charge in [-0.25, -0.2) is 4.79 Å². The summed E-state index contributed by atoms with van der Waals surface area (Å²) in [5, 5.41) is 3.30. The number of halogens is 3. The minimum absolute atomic E-state index is 0.00441. The highest BCUT2D eigenvalue weighted by molar-refractivity contribution is 6.04. The Kier molecular flexibility index (Phi) is 9.27. The van der Waals surface area contributed by atoms with Gasteiger partial charge in [0, 0.05) is 16.9 Å². The highest BCUT2D eigenvalue weighted by Gasteiger charge is 2.36. The third kappa shape index (κ3) is 6.77. The molecule has 1 amide bonds. The number of anilines is 1. The molecular weight excluding hydrogens is 501 g/mol. The maximum absolute atomic E-state index is 13.8. The molecule has 1 fully saturated rings. The lowest BCUT2D eigenvalue weighted by atomic mass is 9.82. The highest BCUT2D eigenvalue weighted by Crippen LogP contribution is 2.40. The Morgan fingerprint density at radius 1 is 1.13 bits per heavy atom. The van der Waals surface area contributed by atoms with Gasteiger partial charge in [0.1, 0.15) is 11.5 Å². The summed E-state index contributed by atoms with van der Waals surface area (Å²) in [7, 11) is 1.19. The average molecular weight is 533 g/mol. The first-order valence-electron chi connectivity index (χ1n) is 12.4. The zero-order valence-corrected chi connectivity index (χ0v) is 21.8. The Morgan fingerprint density at radius 2 is 1.82 bits per heavy atom. The van der Waals surface area contributed by atoms with Crippen LogP contribution in [0.1, 0.15) is 67.9 Å². The van der Waals surface area contributed by atoms with Crippen molar-refractivity contribution < 1.29 is 32.2 Å². The molecule has 2 aromatic rings. The van der Waals surface area contributed by atoms with Gasteiger partial charge in [0.05, 0.1) is 30.5 Å². The Morgan fingerprint density at radius 3 is 2.39 bits per heavy atom. The van der Waals surface area contributed by atoms with Crippen LogP contribution in [-0.4, -0.2) is 25.0 Å². The van der Waals surface area contributed by atoms with Crippen molar-refractivity contribution in [3.05, 3.63) is 63.5 Å². The molecule has 2 aromatic carbocycles. The van der Waals surface area contributed by atoms with Crippen LogP contribution in [0.5, 0.6) is 11.5 Å². The summed E-state index contributed by atoms with van der Waals surface area (Å²) < 4.78 is 51.8. The Bertz CT molecular complexity index is 1220. The number of azide groups is 1. The van der Waals surface area contributed by atoms with E-state index in [1.807, 2.05) is 13.8 Å². The van der Waals surface area contributed by atoms with Crippen LogP contribution in [-0.2, 0) is 22.3 Å². The second kappa shape index (κ2) is 12.2. The Hall–Kier alpha value is -3.72. The van der Waals surface area contributed by atoms with E-state index in [1.165, 1.54) is 31.4 Å². The predicted molar refractivity (Wildman–Crippen MR) is 136 cm³/mol. The van der Waals surface area contributed by atoms with Crippen LogP contribution < -0.4 is 9.64 Å². The second-order valence-corrected chi connectivity index (χ2v) is 9.75. The summed E-state index contributed by atoms with van der Waals surface area (Å²) in [5.74, 6) is -0.983. The van der Waals surface area contributed by atoms with Crippen LogP contribution in [0.4, 0.5) is 18.9 Å². The minimum Gasteiger partial charge on any atom is -0.465 e. The van der Waals surface area contributed by atoms with Crippen LogP contribution in [0.3, 0.4) is 0 Å². The molecule has 8 nitrogen and oxygen atoms in total. The number of amides is 1. The van der Waals surface area contributed by atoms with Gasteiger partial charge in [-0.3, -0.25) is 4.79 Å². The van der Waals surface area contributed by atoms with Crippen LogP contribution >= 0.6 is 0 Å². The van der Waals surface area contributed by atoms with Crippen molar-refractivity contribution in [1.82, 2.24) is 0 Å². The number of ether oxygens (including phenoxy) is 2. The number of benzene rings is 2. The van der Waals surface area contributed by atoms with Gasteiger partial charge in [-0.15, -0.1) is 0 Å². The molecule has 3 rings (SSSR count). The number of hydrogen-bond acceptors (Lipinski definition) is 5. The van der Waals surface area contributed by atoms with Crippen molar-refractivity contribution in [3.8, 4) is 11.5 Å². The first kappa shape index (κ1) is 28.8. The molecule has 0 saturated heterocycles. The molecule has 38 heavy (non-hydrogen) atoms. The van der Waals surface area contributed by atoms with Gasteiger partial charge in [0.25, 0.3) is 0 Å². The standard InChI is InChI=1S/C27H31F3N4O4/c1-16(2)34(25(35)19-8-5-17(3)6-9-19)23-11-10-20(14-21(23)26(36)37-4)38-24-12-7-18(15-32-33-31)13-22(24)27(28,29)30/h7,10-14,16-17,19H,5-6,8-9,15H2,1-4H3. The second-order valence-electron chi connectivity index (χ2n) is 9.75. The number of carbonyl (C=O) groups excluding carboxylic acids is 2. The summed E-state index contributed by atoms with van der Waals surface area (Å²) in [6.45, 7) is 5.58. The van der Waals surface area contributed by atoms with Gasteiger partial charge in [0.15, 0.2) is 0 Å². The molecule has 0 atom stereocenters. The van der Waals surface area contributed by atoms with Crippen molar-refractivity contribution in [2.24, 2.45) is 17.0 Å². The van der Waals surface area contributed by atoms with E-state index in [0.29, 0.717) is 11.6 Å². The van der Waals surface area contributed by atoms with Gasteiger partial charge in [-0.1, -0.05) is 18.1 Å². The maximum atomic E-state index is 13.8. The van der Waals surface area contributed by atoms with Crippen molar-refractivity contribution in [2.45, 2.75) is 65.2 Å². The zero-order valence-electron chi connectivity index (χ0n) is 21.8. The van der Waals surface area contributed by atoms with Crippen molar-refractivity contribution >= 4 is 17.6 Å². The summed E-state index contributed by atoms with van der Waals surface area (Å²) in [5.41, 5.74) is 7.88. The Labute approximate surface area is 219 Å². The lowest BCUT2D eigenvalue weighted by molar-refractivity contribution is -0.138. The molecule has 0 heterocycles. The molecule has 0 spiro atoms. The number of carbonyl (C=O) groups is 2. The number of nitrogens with zero attached hydrogens (tertiary/aromatic N) is 4. The predicted octanol–water partition coefficient (Wildman–Crippen LogP) is 7.66. The summed E-state index contributed by atoms with van der Waals surface area (Å²) in [4.78, 5) is 30.4. The van der Waals surface area contributed by atoms with Gasteiger partial charge < -0.3 is 14.4 Å². The smallest absolute Gasteiger partial charge is 0.419 e. The average Bonchev–Trinajstić information content (AvgIpc) is 2.88. The molecule has 0 aromatic heterocycles. The van der Waals surface area contributed by atoms with Gasteiger partial charge in [0.2, 0.25) is 5.91 Å². The zero-order chi connectivity index (χ0) is 28.0. The molecule has 0 N–H and O–H groups in total. The van der Waals surface area contributed by atoms with E-state index >= 15 is 0 Å². The van der Waals surface area contributed by atoms with Gasteiger partial charge >= 0.3 is 12.1 Å². The minimum atomic E-state index is -4.74. The Balaban J connectivity index is 2.00. The van der Waals surface area contributed by atoms with E-state index in [4.69, 9.17) is 15.0 Å². The third-order valence-corrected chi connectivity index (χ3v) is 6.65. The molecule has 0 bridgehead atoms. The fourth-order valence-electron chi connectivity index (χ4n) is 4.64. The molecule has 0 radical (unpaired) electrons. The quantitative estimate of drug-likeness (QED) is 0.151. The summed E-state index contributed by atoms with van der Waals surface area (Å²) in [6.07, 6.45) is -1.34. The summed E-state index contributed by atoms with van der Waals surface area (Å²) >= 11 is 0. The first-order chi connectivity index (χ1) is 18.0. The third-order valence-electron chi connectivity index (χ3n) is 6.65. The van der Waals surface area contributed by atoms with E-state index in [1.54, 1.807) is 4.90 Å². The number of esters is 1. The van der Waals surface area contributed by atoms with E-state index in [2.05, 4.69) is 16.9 Å². The monoisotopic (exact) mass is 532 g/mol. The number of rotatable bonds is 8. The highest BCUT2D eigenvalue weighted by atomic mass is 19.4. The van der Waals surface area contributed by atoms with Gasteiger partial charge in [-0.05, 0) is 86.9 Å². The molecule has 1 saturated carbocycles. The van der Waals surface area contributed by atoms with E-state index in [-0.39, 0.29) is 41.3 Å². The summed E-state index contributed by atoms with van der Waals surface area (Å²) in [6, 6.07) is 7.25. The van der Waals surface area contributed by atoms with E-state index in [9.17, 15) is 22.8 Å². The lowest BCUT2D eigenvalue weighted by Gasteiger charge is -2.34. The van der Waals surface area contributed by atoms with Crippen molar-refractivity contribution in [1.29, 1.82) is 0 Å². The molecular formula is C27H31F3N4O4. The van der Waals surface area contributed by atoms with Crippen molar-refractivity contribution in [2.75, 3.05) is 12.0 Å². The van der Waals surface area contributed by atoms with Crippen LogP contribution in [0, 0.1) is 11.8 Å². The lowest BCUT2D eigenvalue weighted by Crippen LogP contribution is -2.43. The van der Waals surface area contributed by atoms with Crippen LogP contribution in [0.25, 0.3) is 10.4 Å². The SMILES string of the molecule is COC(=O)c1cc(Oc2ccc(CN=[N+]=[N-])cc2C(F)(F)F)ccc1N(C(=O)C1CCC(C)CC1)C(C)C. The van der Waals surface area contributed by atoms with Crippen LogP contribution in [0.2, 0.25) is 0 Å². The number of methoxy groups -OCH3 is 1. The topological polar surface area (TPSA) is 105 Å². The maximum Gasteiger partial charge on any atom is 0.419 e. The fraction of sp³-hybridized carbons (Fsp3) is 0.481. The molecule has 204 valence electrons. The molecule has 0 unspecified atom stereocenters. The van der Waals surface area contributed by atoms with E-state index < -0.39 is 23.5 Å². The van der Waals surface area contributed by atoms with E-state index in [0.717, 1.165) is 37.8 Å². The molecule has 1 aliphatic carbocycles. The molecule has 0 aliphatic heterocycles. The molecule has 11 heteroatoms. The fourth-order valence-corrected chi connectivity index (χ4v) is 4.64. The van der Waals surface area contributed by atoms with Crippen LogP contribution in [0.15, 0.2) is 41.5 Å². The van der Waals surface area contributed by atoms with Crippen molar-refractivity contribution in [3.63, 3.8) is 0 Å². The normalized spacial score (nSPS) is 17.5. The number of hydrogen-bond donors (Lipinski definition) is 0.